The van der Waals surface area contributed by atoms with Gasteiger partial charge in [0.2, 0.25) is 5.91 Å². The van der Waals surface area contributed by atoms with Crippen molar-refractivity contribution in [2.24, 2.45) is 5.92 Å². The number of hydrogen-bond donors (Lipinski definition) is 1. The summed E-state index contributed by atoms with van der Waals surface area (Å²) in [6, 6.07) is 0.155. The summed E-state index contributed by atoms with van der Waals surface area (Å²) < 4.78 is 28.3. The third-order valence-electron chi connectivity index (χ3n) is 4.40. The van der Waals surface area contributed by atoms with Crippen molar-refractivity contribution in [1.29, 1.82) is 0 Å². The maximum atomic E-state index is 12.6. The van der Waals surface area contributed by atoms with Gasteiger partial charge in [0, 0.05) is 37.8 Å². The number of piperidine rings is 1. The van der Waals surface area contributed by atoms with Crippen LogP contribution in [0, 0.1) is 5.92 Å². The Labute approximate surface area is 138 Å². The molecule has 0 aliphatic carbocycles. The van der Waals surface area contributed by atoms with Crippen molar-refractivity contribution < 1.29 is 13.2 Å². The highest BCUT2D eigenvalue weighted by Crippen LogP contribution is 2.23. The summed E-state index contributed by atoms with van der Waals surface area (Å²) in [7, 11) is -3.56. The first kappa shape index (κ1) is 17.9. The van der Waals surface area contributed by atoms with Gasteiger partial charge in [-0.05, 0) is 33.1 Å². The Bertz CT molecular complexity index is 633. The van der Waals surface area contributed by atoms with Crippen molar-refractivity contribution >= 4 is 15.9 Å². The third-order valence-corrected chi connectivity index (χ3v) is 6.19. The largest absolute Gasteiger partial charge is 0.353 e. The number of sulfonamides is 1. The van der Waals surface area contributed by atoms with Gasteiger partial charge in [-0.1, -0.05) is 6.92 Å². The highest BCUT2D eigenvalue weighted by molar-refractivity contribution is 7.89. The summed E-state index contributed by atoms with van der Waals surface area (Å²) in [4.78, 5) is 16.1. The van der Waals surface area contributed by atoms with E-state index < -0.39 is 10.0 Å². The molecule has 1 aromatic heterocycles. The van der Waals surface area contributed by atoms with E-state index in [1.807, 2.05) is 20.8 Å². The van der Waals surface area contributed by atoms with E-state index in [2.05, 4.69) is 10.3 Å². The summed E-state index contributed by atoms with van der Waals surface area (Å²) in [5.41, 5.74) is 0. The summed E-state index contributed by atoms with van der Waals surface area (Å²) in [6.45, 7) is 7.33. The minimum Gasteiger partial charge on any atom is -0.353 e. The molecule has 0 spiro atoms. The molecular weight excluding hydrogens is 316 g/mol. The van der Waals surface area contributed by atoms with Crippen molar-refractivity contribution in [2.75, 3.05) is 13.1 Å². The molecular formula is C15H26N4O3S. The molecule has 1 aliphatic rings. The fourth-order valence-electron chi connectivity index (χ4n) is 2.60. The van der Waals surface area contributed by atoms with Crippen LogP contribution < -0.4 is 5.32 Å². The molecule has 0 unspecified atom stereocenters. The van der Waals surface area contributed by atoms with Gasteiger partial charge in [0.1, 0.15) is 0 Å². The molecule has 23 heavy (non-hydrogen) atoms. The van der Waals surface area contributed by atoms with Crippen LogP contribution in [0.3, 0.4) is 0 Å². The second kappa shape index (κ2) is 7.44. The standard InChI is InChI=1S/C15H26N4O3S/c1-4-12(3)17-15(20)13-6-8-19(9-7-13)23(21,22)14-10-18(5-2)11-16-14/h10-13H,4-9H2,1-3H3,(H,17,20)/t12-/m1/s1. The van der Waals surface area contributed by atoms with Crippen LogP contribution in [0.4, 0.5) is 0 Å². The van der Waals surface area contributed by atoms with E-state index in [-0.39, 0.29) is 22.9 Å². The van der Waals surface area contributed by atoms with Gasteiger partial charge in [0.25, 0.3) is 10.0 Å². The molecule has 1 fully saturated rings. The fraction of sp³-hybridized carbons (Fsp3) is 0.733. The zero-order chi connectivity index (χ0) is 17.0. The lowest BCUT2D eigenvalue weighted by Crippen LogP contribution is -2.44. The SMILES string of the molecule is CC[C@@H](C)NC(=O)C1CCN(S(=O)(=O)c2cn(CC)cn2)CC1. The van der Waals surface area contributed by atoms with Crippen molar-refractivity contribution in [2.45, 2.75) is 57.6 Å². The van der Waals surface area contributed by atoms with E-state index >= 15 is 0 Å². The van der Waals surface area contributed by atoms with E-state index in [1.54, 1.807) is 10.8 Å². The summed E-state index contributed by atoms with van der Waals surface area (Å²) >= 11 is 0. The van der Waals surface area contributed by atoms with Crippen LogP contribution in [0.15, 0.2) is 17.6 Å². The average molecular weight is 342 g/mol. The Kier molecular flexibility index (Phi) is 5.80. The van der Waals surface area contributed by atoms with Gasteiger partial charge in [-0.25, -0.2) is 13.4 Å². The van der Waals surface area contributed by atoms with Crippen molar-refractivity contribution in [3.63, 3.8) is 0 Å². The van der Waals surface area contributed by atoms with Crippen LogP contribution in [-0.4, -0.2) is 47.3 Å². The van der Waals surface area contributed by atoms with Gasteiger partial charge in [-0.15, -0.1) is 0 Å². The lowest BCUT2D eigenvalue weighted by Gasteiger charge is -2.30. The Hall–Kier alpha value is -1.41. The van der Waals surface area contributed by atoms with E-state index in [9.17, 15) is 13.2 Å². The van der Waals surface area contributed by atoms with Gasteiger partial charge in [0.05, 0.1) is 6.33 Å². The minimum absolute atomic E-state index is 0.0339. The van der Waals surface area contributed by atoms with Crippen molar-refractivity contribution in [3.05, 3.63) is 12.5 Å². The molecule has 1 aromatic rings. The zero-order valence-corrected chi connectivity index (χ0v) is 14.8. The highest BCUT2D eigenvalue weighted by Gasteiger charge is 2.33. The van der Waals surface area contributed by atoms with Gasteiger partial charge < -0.3 is 9.88 Å². The number of amides is 1. The molecule has 0 saturated carbocycles. The first-order valence-electron chi connectivity index (χ1n) is 8.20. The Morgan fingerprint density at radius 3 is 2.57 bits per heavy atom. The lowest BCUT2D eigenvalue weighted by atomic mass is 9.97. The number of aryl methyl sites for hydroxylation is 1. The molecule has 7 nitrogen and oxygen atoms in total. The number of nitrogens with zero attached hydrogens (tertiary/aromatic N) is 3. The quantitative estimate of drug-likeness (QED) is 0.842. The lowest BCUT2D eigenvalue weighted by molar-refractivity contribution is -0.126. The molecule has 1 N–H and O–H groups in total. The maximum Gasteiger partial charge on any atom is 0.262 e. The van der Waals surface area contributed by atoms with Gasteiger partial charge >= 0.3 is 0 Å². The predicted molar refractivity (Wildman–Crippen MR) is 87.3 cm³/mol. The number of carbonyl (C=O) groups excluding carboxylic acids is 1. The normalized spacial score (nSPS) is 18.7. The Balaban J connectivity index is 1.97. The van der Waals surface area contributed by atoms with Crippen LogP contribution in [0.2, 0.25) is 0 Å². The first-order chi connectivity index (χ1) is 10.9. The number of imidazole rings is 1. The number of aromatic nitrogens is 2. The van der Waals surface area contributed by atoms with Crippen LogP contribution in [0.1, 0.15) is 40.0 Å². The molecule has 8 heteroatoms. The van der Waals surface area contributed by atoms with Crippen LogP contribution in [0.25, 0.3) is 0 Å². The third kappa shape index (κ3) is 4.11. The van der Waals surface area contributed by atoms with Crippen LogP contribution >= 0.6 is 0 Å². The molecule has 2 heterocycles. The maximum absolute atomic E-state index is 12.6. The monoisotopic (exact) mass is 342 g/mol. The second-order valence-electron chi connectivity index (χ2n) is 6.04. The van der Waals surface area contributed by atoms with E-state index in [1.165, 1.54) is 10.6 Å². The summed E-state index contributed by atoms with van der Waals surface area (Å²) in [5, 5.41) is 3.06. The van der Waals surface area contributed by atoms with Crippen LogP contribution in [-0.2, 0) is 21.4 Å². The van der Waals surface area contributed by atoms with Gasteiger partial charge in [-0.2, -0.15) is 4.31 Å². The number of carbonyl (C=O) groups is 1. The number of rotatable bonds is 6. The molecule has 1 saturated heterocycles. The molecule has 1 atom stereocenters. The molecule has 0 bridgehead atoms. The zero-order valence-electron chi connectivity index (χ0n) is 14.0. The second-order valence-corrected chi connectivity index (χ2v) is 7.92. The van der Waals surface area contributed by atoms with Gasteiger partial charge in [0.15, 0.2) is 5.03 Å². The fourth-order valence-corrected chi connectivity index (χ4v) is 4.00. The molecule has 0 radical (unpaired) electrons. The molecule has 1 aliphatic heterocycles. The molecule has 130 valence electrons. The topological polar surface area (TPSA) is 84.3 Å². The average Bonchev–Trinajstić information content (AvgIpc) is 3.04. The molecule has 2 rings (SSSR count). The highest BCUT2D eigenvalue weighted by atomic mass is 32.2. The summed E-state index contributed by atoms with van der Waals surface area (Å²) in [6.07, 6.45) is 5.07. The predicted octanol–water partition coefficient (Wildman–Crippen LogP) is 1.22. The molecule has 1 amide bonds. The smallest absolute Gasteiger partial charge is 0.262 e. The Morgan fingerprint density at radius 2 is 2.04 bits per heavy atom. The summed E-state index contributed by atoms with van der Waals surface area (Å²) in [5.74, 6) is -0.0738. The van der Waals surface area contributed by atoms with E-state index in [0.29, 0.717) is 32.5 Å². The Morgan fingerprint density at radius 1 is 1.39 bits per heavy atom. The van der Waals surface area contributed by atoms with E-state index in [0.717, 1.165) is 6.42 Å². The minimum atomic E-state index is -3.56. The number of hydrogen-bond acceptors (Lipinski definition) is 4. The van der Waals surface area contributed by atoms with Crippen molar-refractivity contribution in [1.82, 2.24) is 19.2 Å². The van der Waals surface area contributed by atoms with Crippen LogP contribution in [0.5, 0.6) is 0 Å². The van der Waals surface area contributed by atoms with Crippen molar-refractivity contribution in [3.8, 4) is 0 Å². The number of nitrogens with one attached hydrogen (secondary N) is 1. The van der Waals surface area contributed by atoms with Gasteiger partial charge in [-0.3, -0.25) is 4.79 Å². The molecule has 0 aromatic carbocycles. The first-order valence-corrected chi connectivity index (χ1v) is 9.64. The van der Waals surface area contributed by atoms with E-state index in [4.69, 9.17) is 0 Å².